The fraction of sp³-hybridized carbons (Fsp3) is 0.238. The second-order valence-electron chi connectivity index (χ2n) is 6.09. The first-order chi connectivity index (χ1) is 12.7. The van der Waals surface area contributed by atoms with E-state index >= 15 is 0 Å². The van der Waals surface area contributed by atoms with Crippen LogP contribution < -0.4 is 10.2 Å². The lowest BCUT2D eigenvalue weighted by Gasteiger charge is -2.22. The van der Waals surface area contributed by atoms with E-state index in [0.29, 0.717) is 24.5 Å². The van der Waals surface area contributed by atoms with Crippen LogP contribution in [-0.2, 0) is 6.42 Å². The second kappa shape index (κ2) is 8.43. The van der Waals surface area contributed by atoms with Gasteiger partial charge in [-0.25, -0.2) is 9.37 Å². The number of hydrogen-bond donors (Lipinski definition) is 1. The summed E-state index contributed by atoms with van der Waals surface area (Å²) in [5.41, 5.74) is 2.99. The lowest BCUT2D eigenvalue weighted by atomic mass is 10.1. The van der Waals surface area contributed by atoms with Crippen molar-refractivity contribution in [2.75, 3.05) is 23.3 Å². The molecular formula is C21H23FN4. The number of aromatic nitrogens is 2. The fourth-order valence-corrected chi connectivity index (χ4v) is 2.87. The summed E-state index contributed by atoms with van der Waals surface area (Å²) in [5, 5.41) is 3.19. The minimum atomic E-state index is -0.180. The zero-order valence-electron chi connectivity index (χ0n) is 15.1. The molecule has 0 amide bonds. The zero-order valence-corrected chi connectivity index (χ0v) is 15.1. The molecule has 134 valence electrons. The number of nitrogens with zero attached hydrogens (tertiary/aromatic N) is 3. The third-order valence-corrected chi connectivity index (χ3v) is 4.18. The van der Waals surface area contributed by atoms with Crippen molar-refractivity contribution < 1.29 is 4.39 Å². The summed E-state index contributed by atoms with van der Waals surface area (Å²) in [7, 11) is 0. The molecule has 0 spiro atoms. The summed E-state index contributed by atoms with van der Waals surface area (Å²) < 4.78 is 13.7. The van der Waals surface area contributed by atoms with Crippen molar-refractivity contribution in [3.05, 3.63) is 77.7 Å². The van der Waals surface area contributed by atoms with Crippen LogP contribution >= 0.6 is 0 Å². The van der Waals surface area contributed by atoms with Gasteiger partial charge in [-0.05, 0) is 55.7 Å². The molecule has 4 nitrogen and oxygen atoms in total. The lowest BCUT2D eigenvalue weighted by Crippen LogP contribution is -2.18. The average molecular weight is 350 g/mol. The number of rotatable bonds is 7. The summed E-state index contributed by atoms with van der Waals surface area (Å²) in [4.78, 5) is 11.0. The molecule has 0 saturated carbocycles. The molecule has 0 atom stereocenters. The van der Waals surface area contributed by atoms with Crippen molar-refractivity contribution in [3.63, 3.8) is 0 Å². The van der Waals surface area contributed by atoms with Crippen molar-refractivity contribution in [2.24, 2.45) is 0 Å². The smallest absolute Gasteiger partial charge is 0.224 e. The van der Waals surface area contributed by atoms with Crippen LogP contribution in [0.4, 0.5) is 21.8 Å². The van der Waals surface area contributed by atoms with Crippen LogP contribution in [0.15, 0.2) is 60.8 Å². The molecular weight excluding hydrogens is 327 g/mol. The zero-order chi connectivity index (χ0) is 18.4. The van der Waals surface area contributed by atoms with Gasteiger partial charge in [-0.1, -0.05) is 30.3 Å². The fourth-order valence-electron chi connectivity index (χ4n) is 2.87. The second-order valence-corrected chi connectivity index (χ2v) is 6.09. The predicted octanol–water partition coefficient (Wildman–Crippen LogP) is 4.74. The molecule has 0 fully saturated rings. The van der Waals surface area contributed by atoms with Crippen molar-refractivity contribution in [3.8, 4) is 0 Å². The molecule has 0 radical (unpaired) electrons. The van der Waals surface area contributed by atoms with Gasteiger partial charge in [0.25, 0.3) is 0 Å². The topological polar surface area (TPSA) is 41.1 Å². The molecule has 1 aromatic heterocycles. The Hall–Kier alpha value is -2.95. The van der Waals surface area contributed by atoms with Crippen LogP contribution in [0, 0.1) is 12.7 Å². The standard InChI is InChI=1S/C21H23FN4/c1-3-26(18-9-6-7-16(2)15-18)20-12-14-24-21(25-20)23-13-11-17-8-4-5-10-19(17)22/h4-10,12,14-15H,3,11,13H2,1-2H3,(H,23,24,25). The molecule has 1 N–H and O–H groups in total. The summed E-state index contributed by atoms with van der Waals surface area (Å²) >= 11 is 0. The van der Waals surface area contributed by atoms with Gasteiger partial charge < -0.3 is 10.2 Å². The van der Waals surface area contributed by atoms with Gasteiger partial charge in [-0.15, -0.1) is 0 Å². The van der Waals surface area contributed by atoms with E-state index in [9.17, 15) is 4.39 Å². The van der Waals surface area contributed by atoms with Gasteiger partial charge in [-0.3, -0.25) is 0 Å². The number of hydrogen-bond acceptors (Lipinski definition) is 4. The summed E-state index contributed by atoms with van der Waals surface area (Å²) in [6, 6.07) is 17.0. The first-order valence-electron chi connectivity index (χ1n) is 8.82. The van der Waals surface area contributed by atoms with Crippen LogP contribution in [0.1, 0.15) is 18.1 Å². The minimum Gasteiger partial charge on any atom is -0.354 e. The lowest BCUT2D eigenvalue weighted by molar-refractivity contribution is 0.610. The number of benzene rings is 2. The maximum atomic E-state index is 13.7. The molecule has 0 aliphatic heterocycles. The molecule has 0 aliphatic carbocycles. The van der Waals surface area contributed by atoms with E-state index in [0.717, 1.165) is 18.1 Å². The normalized spacial score (nSPS) is 10.6. The van der Waals surface area contributed by atoms with E-state index in [1.807, 2.05) is 18.2 Å². The Labute approximate surface area is 153 Å². The highest BCUT2D eigenvalue weighted by Gasteiger charge is 2.10. The first kappa shape index (κ1) is 17.9. The van der Waals surface area contributed by atoms with Crippen molar-refractivity contribution in [2.45, 2.75) is 20.3 Å². The molecule has 1 heterocycles. The van der Waals surface area contributed by atoms with Crippen LogP contribution in [-0.4, -0.2) is 23.1 Å². The van der Waals surface area contributed by atoms with Crippen LogP contribution in [0.2, 0.25) is 0 Å². The van der Waals surface area contributed by atoms with Crippen molar-refractivity contribution in [1.29, 1.82) is 0 Å². The first-order valence-corrected chi connectivity index (χ1v) is 8.82. The van der Waals surface area contributed by atoms with E-state index in [4.69, 9.17) is 0 Å². The molecule has 0 bridgehead atoms. The van der Waals surface area contributed by atoms with Crippen LogP contribution in [0.25, 0.3) is 0 Å². The minimum absolute atomic E-state index is 0.180. The highest BCUT2D eigenvalue weighted by Crippen LogP contribution is 2.24. The maximum absolute atomic E-state index is 13.7. The molecule has 3 aromatic rings. The number of halogens is 1. The van der Waals surface area contributed by atoms with E-state index in [-0.39, 0.29) is 5.82 Å². The Bertz CT molecular complexity index is 866. The number of aryl methyl sites for hydroxylation is 1. The Morgan fingerprint density at radius 2 is 1.92 bits per heavy atom. The van der Waals surface area contributed by atoms with Gasteiger partial charge in [0.05, 0.1) is 0 Å². The molecule has 0 saturated heterocycles. The largest absolute Gasteiger partial charge is 0.354 e. The summed E-state index contributed by atoms with van der Waals surface area (Å²) in [6.45, 7) is 5.54. The van der Waals surface area contributed by atoms with E-state index in [1.54, 1.807) is 18.3 Å². The molecule has 0 unspecified atom stereocenters. The third kappa shape index (κ3) is 4.36. The molecule has 2 aromatic carbocycles. The van der Waals surface area contributed by atoms with Gasteiger partial charge in [0.1, 0.15) is 11.6 Å². The third-order valence-electron chi connectivity index (χ3n) is 4.18. The maximum Gasteiger partial charge on any atom is 0.224 e. The predicted molar refractivity (Wildman–Crippen MR) is 104 cm³/mol. The monoisotopic (exact) mass is 350 g/mol. The highest BCUT2D eigenvalue weighted by atomic mass is 19.1. The van der Waals surface area contributed by atoms with Crippen LogP contribution in [0.3, 0.4) is 0 Å². The van der Waals surface area contributed by atoms with E-state index in [2.05, 4.69) is 52.2 Å². The Kier molecular flexibility index (Phi) is 5.79. The number of anilines is 3. The summed E-state index contributed by atoms with van der Waals surface area (Å²) in [5.74, 6) is 1.20. The number of nitrogens with one attached hydrogen (secondary N) is 1. The van der Waals surface area contributed by atoms with Crippen molar-refractivity contribution in [1.82, 2.24) is 9.97 Å². The van der Waals surface area contributed by atoms with Gasteiger partial charge in [0, 0.05) is 25.0 Å². The van der Waals surface area contributed by atoms with E-state index in [1.165, 1.54) is 11.6 Å². The Morgan fingerprint density at radius 1 is 1.08 bits per heavy atom. The molecule has 5 heteroatoms. The summed E-state index contributed by atoms with van der Waals surface area (Å²) in [6.07, 6.45) is 2.32. The van der Waals surface area contributed by atoms with Gasteiger partial charge >= 0.3 is 0 Å². The van der Waals surface area contributed by atoms with Crippen LogP contribution in [0.5, 0.6) is 0 Å². The van der Waals surface area contributed by atoms with Gasteiger partial charge in [0.15, 0.2) is 0 Å². The molecule has 3 rings (SSSR count). The SMILES string of the molecule is CCN(c1cccc(C)c1)c1ccnc(NCCc2ccccc2F)n1. The molecule has 0 aliphatic rings. The quantitative estimate of drug-likeness (QED) is 0.668. The van der Waals surface area contributed by atoms with Gasteiger partial charge in [-0.2, -0.15) is 4.98 Å². The van der Waals surface area contributed by atoms with Gasteiger partial charge in [0.2, 0.25) is 5.95 Å². The van der Waals surface area contributed by atoms with Crippen molar-refractivity contribution >= 4 is 17.5 Å². The average Bonchev–Trinajstić information content (AvgIpc) is 2.64. The Morgan fingerprint density at radius 3 is 2.69 bits per heavy atom. The highest BCUT2D eigenvalue weighted by molar-refractivity contribution is 5.61. The van der Waals surface area contributed by atoms with E-state index < -0.39 is 0 Å². The Balaban J connectivity index is 1.70. The molecule has 26 heavy (non-hydrogen) atoms.